The van der Waals surface area contributed by atoms with E-state index in [4.69, 9.17) is 11.6 Å². The summed E-state index contributed by atoms with van der Waals surface area (Å²) >= 11 is 5.42. The van der Waals surface area contributed by atoms with Crippen LogP contribution in [0.25, 0.3) is 0 Å². The minimum absolute atomic E-state index is 0.0601. The summed E-state index contributed by atoms with van der Waals surface area (Å²) in [7, 11) is 3.74. The Bertz CT molecular complexity index is 248. The monoisotopic (exact) mass is 232 g/mol. The fraction of sp³-hybridized carbons (Fsp3) is 0.800. The molecule has 0 radical (unpaired) electrons. The van der Waals surface area contributed by atoms with Crippen LogP contribution in [0.2, 0.25) is 0 Å². The van der Waals surface area contributed by atoms with E-state index >= 15 is 0 Å². The third-order valence-electron chi connectivity index (χ3n) is 2.62. The zero-order valence-corrected chi connectivity index (χ0v) is 9.96. The van der Waals surface area contributed by atoms with E-state index < -0.39 is 0 Å². The summed E-state index contributed by atoms with van der Waals surface area (Å²) < 4.78 is 0. The van der Waals surface area contributed by atoms with Crippen LogP contribution in [0.5, 0.6) is 0 Å². The minimum atomic E-state index is -0.269. The van der Waals surface area contributed by atoms with Crippen LogP contribution in [0.15, 0.2) is 0 Å². The van der Waals surface area contributed by atoms with E-state index in [0.717, 1.165) is 0 Å². The molecule has 0 aromatic rings. The van der Waals surface area contributed by atoms with Gasteiger partial charge in [0.25, 0.3) is 0 Å². The highest BCUT2D eigenvalue weighted by Gasteiger charge is 2.26. The lowest BCUT2D eigenvalue weighted by molar-refractivity contribution is -0.134. The van der Waals surface area contributed by atoms with Gasteiger partial charge in [0.2, 0.25) is 11.1 Å². The third kappa shape index (κ3) is 3.80. The maximum Gasteiger partial charge on any atom is 0.236 e. The maximum atomic E-state index is 11.7. The topological polar surface area (TPSA) is 40.6 Å². The van der Waals surface area contributed by atoms with Gasteiger partial charge >= 0.3 is 0 Å². The summed E-state index contributed by atoms with van der Waals surface area (Å²) in [6.45, 7) is 1.73. The predicted octanol–water partition coefficient (Wildman–Crippen LogP) is 0.552. The average molecular weight is 233 g/mol. The summed E-state index contributed by atoms with van der Waals surface area (Å²) in [6.07, 6.45) is 1.39. The first-order valence-electron chi connectivity index (χ1n) is 5.12. The second-order valence-electron chi connectivity index (χ2n) is 4.20. The van der Waals surface area contributed by atoms with Crippen molar-refractivity contribution in [3.8, 4) is 0 Å². The number of rotatable bonds is 3. The number of nitrogens with zero attached hydrogens (tertiary/aromatic N) is 2. The first-order valence-corrected chi connectivity index (χ1v) is 5.50. The summed E-state index contributed by atoms with van der Waals surface area (Å²) in [6, 6.07) is 0. The Morgan fingerprint density at radius 2 is 1.87 bits per heavy atom. The molecule has 0 unspecified atom stereocenters. The van der Waals surface area contributed by atoms with E-state index in [2.05, 4.69) is 0 Å². The number of carbonyl (C=O) groups is 2. The zero-order chi connectivity index (χ0) is 11.4. The highest BCUT2D eigenvalue weighted by atomic mass is 35.5. The second kappa shape index (κ2) is 5.47. The highest BCUT2D eigenvalue weighted by molar-refractivity contribution is 6.63. The Morgan fingerprint density at radius 1 is 1.33 bits per heavy atom. The van der Waals surface area contributed by atoms with Gasteiger partial charge in [-0.2, -0.15) is 0 Å². The molecule has 5 heteroatoms. The molecule has 15 heavy (non-hydrogen) atoms. The Balaban J connectivity index is 2.37. The fourth-order valence-corrected chi connectivity index (χ4v) is 1.94. The molecule has 0 saturated carbocycles. The molecular formula is C10H17ClN2O2. The number of likely N-dealkylation sites (tertiary alicyclic amines) is 1. The first-order chi connectivity index (χ1) is 7.00. The van der Waals surface area contributed by atoms with E-state index in [0.29, 0.717) is 32.5 Å². The van der Waals surface area contributed by atoms with Crippen molar-refractivity contribution in [1.29, 1.82) is 0 Å². The number of hydrogen-bond acceptors (Lipinski definition) is 3. The third-order valence-corrected chi connectivity index (χ3v) is 2.93. The van der Waals surface area contributed by atoms with Crippen molar-refractivity contribution in [3.05, 3.63) is 0 Å². The molecule has 0 aromatic carbocycles. The van der Waals surface area contributed by atoms with Gasteiger partial charge in [0.15, 0.2) is 0 Å². The van der Waals surface area contributed by atoms with Gasteiger partial charge in [-0.1, -0.05) is 0 Å². The van der Waals surface area contributed by atoms with Gasteiger partial charge in [0.05, 0.1) is 6.54 Å². The molecular weight excluding hydrogens is 216 g/mol. The van der Waals surface area contributed by atoms with Gasteiger partial charge in [0, 0.05) is 19.0 Å². The van der Waals surface area contributed by atoms with Crippen molar-refractivity contribution < 1.29 is 9.59 Å². The lowest BCUT2D eigenvalue weighted by Gasteiger charge is -2.31. The van der Waals surface area contributed by atoms with Crippen LogP contribution in [0.1, 0.15) is 12.8 Å². The number of piperidine rings is 1. The second-order valence-corrected chi connectivity index (χ2v) is 4.57. The van der Waals surface area contributed by atoms with Crippen LogP contribution >= 0.6 is 11.6 Å². The molecule has 4 nitrogen and oxygen atoms in total. The molecule has 1 aliphatic rings. The summed E-state index contributed by atoms with van der Waals surface area (Å²) in [4.78, 5) is 26.2. The number of likely N-dealkylation sites (N-methyl/N-ethyl adjacent to an activating group) is 1. The average Bonchev–Trinajstić information content (AvgIpc) is 2.17. The Labute approximate surface area is 95.2 Å². The molecule has 1 saturated heterocycles. The van der Waals surface area contributed by atoms with Crippen molar-refractivity contribution >= 4 is 22.8 Å². The lowest BCUT2D eigenvalue weighted by atomic mass is 9.98. The highest BCUT2D eigenvalue weighted by Crippen LogP contribution is 2.19. The van der Waals surface area contributed by atoms with E-state index in [9.17, 15) is 9.59 Å². The molecule has 1 amide bonds. The summed E-state index contributed by atoms with van der Waals surface area (Å²) in [5.41, 5.74) is 0. The van der Waals surface area contributed by atoms with E-state index in [1.807, 2.05) is 19.0 Å². The maximum absolute atomic E-state index is 11.7. The van der Waals surface area contributed by atoms with Gasteiger partial charge in [-0.3, -0.25) is 9.59 Å². The van der Waals surface area contributed by atoms with Crippen molar-refractivity contribution in [2.45, 2.75) is 12.8 Å². The van der Waals surface area contributed by atoms with Crippen molar-refractivity contribution in [2.24, 2.45) is 5.92 Å². The predicted molar refractivity (Wildman–Crippen MR) is 58.7 cm³/mol. The van der Waals surface area contributed by atoms with E-state index in [1.54, 1.807) is 4.90 Å². The molecule has 1 aliphatic heterocycles. The molecule has 0 bridgehead atoms. The number of carbonyl (C=O) groups excluding carboxylic acids is 2. The first kappa shape index (κ1) is 12.5. The normalized spacial score (nSPS) is 18.3. The van der Waals surface area contributed by atoms with Gasteiger partial charge in [-0.05, 0) is 38.5 Å². The van der Waals surface area contributed by atoms with Gasteiger partial charge in [-0.15, -0.1) is 0 Å². The molecule has 1 fully saturated rings. The van der Waals surface area contributed by atoms with Crippen LogP contribution in [-0.2, 0) is 9.59 Å². The Morgan fingerprint density at radius 3 is 2.27 bits per heavy atom. The quantitative estimate of drug-likeness (QED) is 0.668. The standard InChI is InChI=1S/C10H17ClN2O2/c1-12(2)7-9(14)13-5-3-8(4-6-13)10(11)15/h8H,3-7H2,1-2H3. The molecule has 1 heterocycles. The smallest absolute Gasteiger partial charge is 0.236 e. The molecule has 0 N–H and O–H groups in total. The summed E-state index contributed by atoms with van der Waals surface area (Å²) in [5.74, 6) is 0.0653. The number of hydrogen-bond donors (Lipinski definition) is 0. The van der Waals surface area contributed by atoms with Crippen LogP contribution in [-0.4, -0.2) is 54.7 Å². The van der Waals surface area contributed by atoms with E-state index in [1.165, 1.54) is 0 Å². The molecule has 0 spiro atoms. The zero-order valence-electron chi connectivity index (χ0n) is 9.20. The van der Waals surface area contributed by atoms with Crippen LogP contribution in [0.3, 0.4) is 0 Å². The molecule has 86 valence electrons. The lowest BCUT2D eigenvalue weighted by Crippen LogP contribution is -2.43. The van der Waals surface area contributed by atoms with Gasteiger partial charge < -0.3 is 9.80 Å². The van der Waals surface area contributed by atoms with Crippen molar-refractivity contribution in [2.75, 3.05) is 33.7 Å². The van der Waals surface area contributed by atoms with Crippen LogP contribution in [0, 0.1) is 5.92 Å². The minimum Gasteiger partial charge on any atom is -0.342 e. The van der Waals surface area contributed by atoms with Crippen LogP contribution < -0.4 is 0 Å². The Kier molecular flexibility index (Phi) is 4.54. The SMILES string of the molecule is CN(C)CC(=O)N1CCC(C(=O)Cl)CC1. The van der Waals surface area contributed by atoms with Gasteiger partial charge in [0.1, 0.15) is 0 Å². The molecule has 0 atom stereocenters. The molecule has 1 rings (SSSR count). The van der Waals surface area contributed by atoms with E-state index in [-0.39, 0.29) is 17.1 Å². The number of halogens is 1. The number of amides is 1. The van der Waals surface area contributed by atoms with Crippen LogP contribution in [0.4, 0.5) is 0 Å². The molecule has 0 aromatic heterocycles. The van der Waals surface area contributed by atoms with Gasteiger partial charge in [-0.25, -0.2) is 0 Å². The largest absolute Gasteiger partial charge is 0.342 e. The van der Waals surface area contributed by atoms with Crippen molar-refractivity contribution in [3.63, 3.8) is 0 Å². The summed E-state index contributed by atoms with van der Waals surface area (Å²) in [5, 5.41) is -0.269. The fourth-order valence-electron chi connectivity index (χ4n) is 1.73. The Hall–Kier alpha value is -0.610. The molecule has 0 aliphatic carbocycles. The van der Waals surface area contributed by atoms with Crippen molar-refractivity contribution in [1.82, 2.24) is 9.80 Å².